The predicted molar refractivity (Wildman–Crippen MR) is 81.5 cm³/mol. The Labute approximate surface area is 130 Å². The molecule has 1 aliphatic rings. The number of ether oxygens (including phenoxy) is 4. The number of hydrogen-bond acceptors (Lipinski definition) is 5. The second-order valence-corrected chi connectivity index (χ2v) is 5.14. The van der Waals surface area contributed by atoms with Gasteiger partial charge in [-0.05, 0) is 30.5 Å². The molecule has 0 bridgehead atoms. The summed E-state index contributed by atoms with van der Waals surface area (Å²) in [5.74, 6) is 1.81. The fourth-order valence-electron chi connectivity index (χ4n) is 2.53. The lowest BCUT2D eigenvalue weighted by Crippen LogP contribution is -2.33. The van der Waals surface area contributed by atoms with Crippen LogP contribution in [0.3, 0.4) is 0 Å². The van der Waals surface area contributed by atoms with Crippen molar-refractivity contribution < 1.29 is 23.7 Å². The highest BCUT2D eigenvalue weighted by atomic mass is 16.5. The molecule has 1 aromatic carbocycles. The van der Waals surface area contributed by atoms with Gasteiger partial charge in [-0.25, -0.2) is 0 Å². The Bertz CT molecular complexity index is 486. The smallest absolute Gasteiger partial charge is 0.223 e. The SMILES string of the molecule is COc1cc(CNC(=O)C2CCOCC2)cc(OC)c1OC. The lowest BCUT2D eigenvalue weighted by atomic mass is 9.99. The van der Waals surface area contributed by atoms with Crippen LogP contribution >= 0.6 is 0 Å². The number of benzene rings is 1. The summed E-state index contributed by atoms with van der Waals surface area (Å²) in [6.07, 6.45) is 1.56. The first-order valence-electron chi connectivity index (χ1n) is 7.34. The highest BCUT2D eigenvalue weighted by molar-refractivity contribution is 5.78. The third-order valence-corrected chi connectivity index (χ3v) is 3.78. The molecule has 0 aliphatic carbocycles. The van der Waals surface area contributed by atoms with Crippen molar-refractivity contribution in [2.24, 2.45) is 5.92 Å². The molecule has 0 saturated carbocycles. The largest absolute Gasteiger partial charge is 0.493 e. The Morgan fingerprint density at radius 1 is 1.14 bits per heavy atom. The van der Waals surface area contributed by atoms with Gasteiger partial charge >= 0.3 is 0 Å². The van der Waals surface area contributed by atoms with Crippen molar-refractivity contribution in [1.29, 1.82) is 0 Å². The molecular weight excluding hydrogens is 286 g/mol. The number of rotatable bonds is 6. The van der Waals surface area contributed by atoms with Crippen LogP contribution < -0.4 is 19.5 Å². The Balaban J connectivity index is 2.04. The topological polar surface area (TPSA) is 66.0 Å². The fraction of sp³-hybridized carbons (Fsp3) is 0.562. The molecule has 0 radical (unpaired) electrons. The van der Waals surface area contributed by atoms with Gasteiger partial charge in [0.2, 0.25) is 11.7 Å². The van der Waals surface area contributed by atoms with E-state index in [1.54, 1.807) is 21.3 Å². The predicted octanol–water partition coefficient (Wildman–Crippen LogP) is 1.76. The molecule has 0 atom stereocenters. The molecule has 6 nitrogen and oxygen atoms in total. The van der Waals surface area contributed by atoms with Crippen molar-refractivity contribution in [3.63, 3.8) is 0 Å². The summed E-state index contributed by atoms with van der Waals surface area (Å²) in [5, 5.41) is 2.96. The third-order valence-electron chi connectivity index (χ3n) is 3.78. The molecule has 1 fully saturated rings. The molecule has 1 aliphatic heterocycles. The molecule has 1 amide bonds. The Morgan fingerprint density at radius 2 is 1.73 bits per heavy atom. The second-order valence-electron chi connectivity index (χ2n) is 5.14. The number of carbonyl (C=O) groups is 1. The zero-order valence-corrected chi connectivity index (χ0v) is 13.3. The van der Waals surface area contributed by atoms with Crippen LogP contribution in [0.4, 0.5) is 0 Å². The summed E-state index contributed by atoms with van der Waals surface area (Å²) in [4.78, 5) is 12.1. The summed E-state index contributed by atoms with van der Waals surface area (Å²) in [6.45, 7) is 1.73. The highest BCUT2D eigenvalue weighted by Crippen LogP contribution is 2.38. The number of amides is 1. The van der Waals surface area contributed by atoms with Crippen LogP contribution in [0.25, 0.3) is 0 Å². The van der Waals surface area contributed by atoms with Gasteiger partial charge in [-0.1, -0.05) is 0 Å². The van der Waals surface area contributed by atoms with Crippen LogP contribution in [0, 0.1) is 5.92 Å². The molecular formula is C16H23NO5. The van der Waals surface area contributed by atoms with Crippen molar-refractivity contribution in [3.8, 4) is 17.2 Å². The zero-order valence-electron chi connectivity index (χ0n) is 13.3. The standard InChI is InChI=1S/C16H23NO5/c1-19-13-8-11(9-14(20-2)15(13)21-3)10-17-16(18)12-4-6-22-7-5-12/h8-9,12H,4-7,10H2,1-3H3,(H,17,18). The summed E-state index contributed by atoms with van der Waals surface area (Å²) in [6, 6.07) is 3.68. The van der Waals surface area contributed by atoms with Gasteiger partial charge in [0.25, 0.3) is 0 Å². The Morgan fingerprint density at radius 3 is 2.23 bits per heavy atom. The highest BCUT2D eigenvalue weighted by Gasteiger charge is 2.21. The fourth-order valence-corrected chi connectivity index (χ4v) is 2.53. The molecule has 0 spiro atoms. The molecule has 1 N–H and O–H groups in total. The maximum absolute atomic E-state index is 12.1. The van der Waals surface area contributed by atoms with Crippen LogP contribution in [-0.2, 0) is 16.1 Å². The summed E-state index contributed by atoms with van der Waals surface area (Å²) in [7, 11) is 4.70. The minimum atomic E-state index is 0.0378. The van der Waals surface area contributed by atoms with E-state index < -0.39 is 0 Å². The molecule has 1 saturated heterocycles. The maximum Gasteiger partial charge on any atom is 0.223 e. The van der Waals surface area contributed by atoms with Gasteiger partial charge in [0.15, 0.2) is 11.5 Å². The molecule has 122 valence electrons. The molecule has 2 rings (SSSR count). The number of methoxy groups -OCH3 is 3. The first-order chi connectivity index (χ1) is 10.7. The first kappa shape index (κ1) is 16.4. The maximum atomic E-state index is 12.1. The molecule has 0 aromatic heterocycles. The quantitative estimate of drug-likeness (QED) is 0.867. The van der Waals surface area contributed by atoms with Crippen molar-refractivity contribution >= 4 is 5.91 Å². The molecule has 6 heteroatoms. The summed E-state index contributed by atoms with van der Waals surface area (Å²) in [5.41, 5.74) is 0.898. The van der Waals surface area contributed by atoms with Crippen LogP contribution in [0.15, 0.2) is 12.1 Å². The third kappa shape index (κ3) is 3.82. The average Bonchev–Trinajstić information content (AvgIpc) is 2.59. The van der Waals surface area contributed by atoms with E-state index in [-0.39, 0.29) is 11.8 Å². The Kier molecular flexibility index (Phi) is 5.89. The number of nitrogens with one attached hydrogen (secondary N) is 1. The lowest BCUT2D eigenvalue weighted by Gasteiger charge is -2.21. The van der Waals surface area contributed by atoms with Gasteiger partial charge in [-0.3, -0.25) is 4.79 Å². The van der Waals surface area contributed by atoms with Gasteiger partial charge < -0.3 is 24.3 Å². The minimum Gasteiger partial charge on any atom is -0.493 e. The van der Waals surface area contributed by atoms with Gasteiger partial charge in [0.05, 0.1) is 21.3 Å². The molecule has 1 heterocycles. The van der Waals surface area contributed by atoms with Gasteiger partial charge in [-0.15, -0.1) is 0 Å². The van der Waals surface area contributed by atoms with Crippen molar-refractivity contribution in [1.82, 2.24) is 5.32 Å². The zero-order chi connectivity index (χ0) is 15.9. The molecule has 0 unspecified atom stereocenters. The molecule has 22 heavy (non-hydrogen) atoms. The van der Waals surface area contributed by atoms with Gasteiger partial charge in [0, 0.05) is 25.7 Å². The van der Waals surface area contributed by atoms with E-state index in [4.69, 9.17) is 18.9 Å². The average molecular weight is 309 g/mol. The van der Waals surface area contributed by atoms with Crippen LogP contribution in [-0.4, -0.2) is 40.5 Å². The normalized spacial score (nSPS) is 15.2. The van der Waals surface area contributed by atoms with Crippen LogP contribution in [0.5, 0.6) is 17.2 Å². The van der Waals surface area contributed by atoms with E-state index in [1.165, 1.54) is 0 Å². The Hall–Kier alpha value is -1.95. The van der Waals surface area contributed by atoms with E-state index in [0.717, 1.165) is 18.4 Å². The van der Waals surface area contributed by atoms with Crippen molar-refractivity contribution in [2.75, 3.05) is 34.5 Å². The van der Waals surface area contributed by atoms with Crippen molar-refractivity contribution in [2.45, 2.75) is 19.4 Å². The van der Waals surface area contributed by atoms with Crippen LogP contribution in [0.2, 0.25) is 0 Å². The summed E-state index contributed by atoms with van der Waals surface area (Å²) < 4.78 is 21.2. The summed E-state index contributed by atoms with van der Waals surface area (Å²) >= 11 is 0. The van der Waals surface area contributed by atoms with E-state index >= 15 is 0 Å². The lowest BCUT2D eigenvalue weighted by molar-refractivity contribution is -0.128. The number of carbonyl (C=O) groups excluding carboxylic acids is 1. The number of hydrogen-bond donors (Lipinski definition) is 1. The monoisotopic (exact) mass is 309 g/mol. The second kappa shape index (κ2) is 7.89. The first-order valence-corrected chi connectivity index (χ1v) is 7.34. The van der Waals surface area contributed by atoms with Crippen molar-refractivity contribution in [3.05, 3.63) is 17.7 Å². The van der Waals surface area contributed by atoms with Crippen LogP contribution in [0.1, 0.15) is 18.4 Å². The van der Waals surface area contributed by atoms with Gasteiger partial charge in [-0.2, -0.15) is 0 Å². The van der Waals surface area contributed by atoms with E-state index in [1.807, 2.05) is 12.1 Å². The minimum absolute atomic E-state index is 0.0378. The van der Waals surface area contributed by atoms with E-state index in [9.17, 15) is 4.79 Å². The van der Waals surface area contributed by atoms with E-state index in [0.29, 0.717) is 37.0 Å². The molecule has 1 aromatic rings. The van der Waals surface area contributed by atoms with Gasteiger partial charge in [0.1, 0.15) is 0 Å². The van der Waals surface area contributed by atoms with E-state index in [2.05, 4.69) is 5.32 Å².